The van der Waals surface area contributed by atoms with Crippen LogP contribution in [0.2, 0.25) is 0 Å². The van der Waals surface area contributed by atoms with Gasteiger partial charge in [-0.25, -0.2) is 0 Å². The van der Waals surface area contributed by atoms with Crippen molar-refractivity contribution >= 4 is 38.9 Å². The minimum absolute atomic E-state index is 0.0562. The monoisotopic (exact) mass is 336 g/mol. The van der Waals surface area contributed by atoms with Gasteiger partial charge in [-0.1, -0.05) is 18.2 Å². The number of fused-ring (bicyclic) bond motifs is 1. The van der Waals surface area contributed by atoms with Gasteiger partial charge in [-0.15, -0.1) is 11.3 Å². The molecule has 98 valence electrons. The summed E-state index contributed by atoms with van der Waals surface area (Å²) in [6.45, 7) is 0.587. The maximum atomic E-state index is 12.1. The number of carbonyl (C=O) groups excluding carboxylic acids is 1. The van der Waals surface area contributed by atoms with Crippen LogP contribution in [0.25, 0.3) is 0 Å². The average molecular weight is 337 g/mol. The number of amides is 1. The van der Waals surface area contributed by atoms with E-state index >= 15 is 0 Å². The molecule has 1 amide bonds. The molecule has 0 saturated heterocycles. The minimum Gasteiger partial charge on any atom is -0.373 e. The Morgan fingerprint density at radius 1 is 1.37 bits per heavy atom. The van der Waals surface area contributed by atoms with Gasteiger partial charge in [-0.05, 0) is 39.7 Å². The summed E-state index contributed by atoms with van der Waals surface area (Å²) in [5.74, 6) is 0.0562. The Bertz CT molecular complexity index is 586. The lowest BCUT2D eigenvalue weighted by Gasteiger charge is -2.11. The molecular weight excluding hydrogens is 324 g/mol. The summed E-state index contributed by atoms with van der Waals surface area (Å²) in [5, 5.41) is 6.24. The molecule has 0 fully saturated rings. The Hall–Kier alpha value is -1.33. The molecule has 1 aromatic heterocycles. The second-order valence-corrected chi connectivity index (χ2v) is 7.03. The van der Waals surface area contributed by atoms with Gasteiger partial charge in [0.05, 0.1) is 10.3 Å². The van der Waals surface area contributed by atoms with Crippen LogP contribution in [-0.2, 0) is 17.8 Å². The third-order valence-electron chi connectivity index (χ3n) is 3.15. The molecule has 1 aliphatic rings. The van der Waals surface area contributed by atoms with E-state index in [1.165, 1.54) is 5.56 Å². The van der Waals surface area contributed by atoms with Crippen LogP contribution in [0.3, 0.4) is 0 Å². The van der Waals surface area contributed by atoms with Crippen LogP contribution in [-0.4, -0.2) is 11.9 Å². The van der Waals surface area contributed by atoms with Crippen molar-refractivity contribution in [2.75, 3.05) is 5.32 Å². The summed E-state index contributed by atoms with van der Waals surface area (Å²) in [4.78, 5) is 13.3. The summed E-state index contributed by atoms with van der Waals surface area (Å²) in [6, 6.07) is 11.9. The van der Waals surface area contributed by atoms with Gasteiger partial charge in [0.2, 0.25) is 5.91 Å². The van der Waals surface area contributed by atoms with Gasteiger partial charge in [0.25, 0.3) is 0 Å². The number of hydrogen-bond acceptors (Lipinski definition) is 3. The lowest BCUT2D eigenvalue weighted by atomic mass is 10.1. The SMILES string of the molecule is O=C(NCc1ccc(Br)s1)C1Cc2ccccc2N1. The molecule has 0 saturated carbocycles. The van der Waals surface area contributed by atoms with Crippen LogP contribution in [0.15, 0.2) is 40.2 Å². The molecule has 0 spiro atoms. The summed E-state index contributed by atoms with van der Waals surface area (Å²) in [5.41, 5.74) is 2.28. The first kappa shape index (κ1) is 12.7. The van der Waals surface area contributed by atoms with Crippen LogP contribution in [0.5, 0.6) is 0 Å². The first-order chi connectivity index (χ1) is 9.22. The predicted molar refractivity (Wildman–Crippen MR) is 81.4 cm³/mol. The number of thiophene rings is 1. The van der Waals surface area contributed by atoms with Crippen LogP contribution in [0, 0.1) is 0 Å². The van der Waals surface area contributed by atoms with Crippen molar-refractivity contribution in [2.24, 2.45) is 0 Å². The zero-order valence-corrected chi connectivity index (χ0v) is 12.6. The lowest BCUT2D eigenvalue weighted by Crippen LogP contribution is -2.37. The minimum atomic E-state index is -0.152. The van der Waals surface area contributed by atoms with Crippen LogP contribution >= 0.6 is 27.3 Å². The Morgan fingerprint density at radius 3 is 2.95 bits per heavy atom. The number of rotatable bonds is 3. The molecule has 1 aliphatic heterocycles. The van der Waals surface area contributed by atoms with Gasteiger partial charge in [-0.3, -0.25) is 4.79 Å². The Balaban J connectivity index is 1.58. The molecule has 0 aliphatic carbocycles. The molecule has 2 aromatic rings. The number of nitrogens with one attached hydrogen (secondary N) is 2. The zero-order chi connectivity index (χ0) is 13.2. The van der Waals surface area contributed by atoms with Gasteiger partial charge in [0, 0.05) is 17.0 Å². The van der Waals surface area contributed by atoms with E-state index in [4.69, 9.17) is 0 Å². The zero-order valence-electron chi connectivity index (χ0n) is 10.2. The Labute approximate surface area is 124 Å². The van der Waals surface area contributed by atoms with Crippen LogP contribution in [0.1, 0.15) is 10.4 Å². The van der Waals surface area contributed by atoms with Gasteiger partial charge >= 0.3 is 0 Å². The number of anilines is 1. The highest BCUT2D eigenvalue weighted by molar-refractivity contribution is 9.11. The Morgan fingerprint density at radius 2 is 2.21 bits per heavy atom. The smallest absolute Gasteiger partial charge is 0.243 e. The summed E-state index contributed by atoms with van der Waals surface area (Å²) < 4.78 is 1.09. The fourth-order valence-electron chi connectivity index (χ4n) is 2.20. The van der Waals surface area contributed by atoms with Gasteiger partial charge < -0.3 is 10.6 Å². The quantitative estimate of drug-likeness (QED) is 0.903. The second kappa shape index (κ2) is 5.35. The predicted octanol–water partition coefficient (Wildman–Crippen LogP) is 3.16. The van der Waals surface area contributed by atoms with Crippen molar-refractivity contribution in [3.8, 4) is 0 Å². The van der Waals surface area contributed by atoms with Crippen molar-refractivity contribution in [2.45, 2.75) is 19.0 Å². The third-order valence-corrected chi connectivity index (χ3v) is 4.78. The van der Waals surface area contributed by atoms with E-state index < -0.39 is 0 Å². The van der Waals surface area contributed by atoms with E-state index in [0.717, 1.165) is 20.8 Å². The molecule has 3 nitrogen and oxygen atoms in total. The van der Waals surface area contributed by atoms with Crippen molar-refractivity contribution in [1.29, 1.82) is 0 Å². The maximum absolute atomic E-state index is 12.1. The van der Waals surface area contributed by atoms with Crippen molar-refractivity contribution in [3.63, 3.8) is 0 Å². The van der Waals surface area contributed by atoms with E-state index in [1.807, 2.05) is 30.3 Å². The van der Waals surface area contributed by atoms with Crippen LogP contribution < -0.4 is 10.6 Å². The first-order valence-corrected chi connectivity index (χ1v) is 7.70. The number of para-hydroxylation sites is 1. The van der Waals surface area contributed by atoms with Gasteiger partial charge in [0.1, 0.15) is 6.04 Å². The average Bonchev–Trinajstić information content (AvgIpc) is 3.01. The summed E-state index contributed by atoms with van der Waals surface area (Å²) >= 11 is 5.06. The number of benzene rings is 1. The molecule has 2 heterocycles. The van der Waals surface area contributed by atoms with E-state index in [-0.39, 0.29) is 11.9 Å². The molecular formula is C14H13BrN2OS. The van der Waals surface area contributed by atoms with Crippen molar-refractivity contribution in [1.82, 2.24) is 5.32 Å². The molecule has 2 N–H and O–H groups in total. The van der Waals surface area contributed by atoms with E-state index in [2.05, 4.69) is 32.6 Å². The highest BCUT2D eigenvalue weighted by Crippen LogP contribution is 2.25. The molecule has 5 heteroatoms. The standard InChI is InChI=1S/C14H13BrN2OS/c15-13-6-5-10(19-13)8-16-14(18)12-7-9-3-1-2-4-11(9)17-12/h1-6,12,17H,7-8H2,(H,16,18). The largest absolute Gasteiger partial charge is 0.373 e. The van der Waals surface area contributed by atoms with Gasteiger partial charge in [0.15, 0.2) is 0 Å². The number of halogens is 1. The molecule has 1 aromatic carbocycles. The van der Waals surface area contributed by atoms with Gasteiger partial charge in [-0.2, -0.15) is 0 Å². The normalized spacial score (nSPS) is 16.8. The molecule has 0 bridgehead atoms. The van der Waals surface area contributed by atoms with E-state index in [1.54, 1.807) is 11.3 Å². The third kappa shape index (κ3) is 2.82. The second-order valence-electron chi connectivity index (χ2n) is 4.48. The fourth-order valence-corrected chi connectivity index (χ4v) is 3.62. The van der Waals surface area contributed by atoms with E-state index in [9.17, 15) is 4.79 Å². The van der Waals surface area contributed by atoms with Crippen LogP contribution in [0.4, 0.5) is 5.69 Å². The van der Waals surface area contributed by atoms with E-state index in [0.29, 0.717) is 6.54 Å². The highest BCUT2D eigenvalue weighted by Gasteiger charge is 2.25. The molecule has 19 heavy (non-hydrogen) atoms. The van der Waals surface area contributed by atoms with Crippen molar-refractivity contribution < 1.29 is 4.79 Å². The highest BCUT2D eigenvalue weighted by atomic mass is 79.9. The topological polar surface area (TPSA) is 41.1 Å². The molecule has 0 radical (unpaired) electrons. The molecule has 3 rings (SSSR count). The lowest BCUT2D eigenvalue weighted by molar-refractivity contribution is -0.121. The summed E-state index contributed by atoms with van der Waals surface area (Å²) in [7, 11) is 0. The maximum Gasteiger partial charge on any atom is 0.243 e. The number of carbonyl (C=O) groups is 1. The van der Waals surface area contributed by atoms with Crippen molar-refractivity contribution in [3.05, 3.63) is 50.6 Å². The molecule has 1 atom stereocenters. The Kier molecular flexibility index (Phi) is 3.57. The summed E-state index contributed by atoms with van der Waals surface area (Å²) in [6.07, 6.45) is 0.760. The number of hydrogen-bond donors (Lipinski definition) is 2. The fraction of sp³-hybridized carbons (Fsp3) is 0.214. The first-order valence-electron chi connectivity index (χ1n) is 6.09. The molecule has 1 unspecified atom stereocenters.